The summed E-state index contributed by atoms with van der Waals surface area (Å²) in [4.78, 5) is 0. The summed E-state index contributed by atoms with van der Waals surface area (Å²) in [5, 5.41) is 3.12. The molecule has 0 atom stereocenters. The van der Waals surface area contributed by atoms with Crippen molar-refractivity contribution < 1.29 is 51.3 Å². The quantitative estimate of drug-likeness (QED) is 0.610. The minimum absolute atomic E-state index is 0. The Morgan fingerprint density at radius 3 is 2.71 bits per heavy atom. The van der Waals surface area contributed by atoms with Gasteiger partial charge in [-0.05, 0) is 12.3 Å². The van der Waals surface area contributed by atoms with Crippen LogP contribution in [0.15, 0.2) is 54.4 Å². The van der Waals surface area contributed by atoms with Crippen LogP contribution in [0.1, 0.15) is 6.92 Å². The van der Waals surface area contributed by atoms with Gasteiger partial charge in [-0.15, -0.1) is 5.57 Å². The van der Waals surface area contributed by atoms with Crippen molar-refractivity contribution in [1.82, 2.24) is 5.32 Å². The van der Waals surface area contributed by atoms with Crippen molar-refractivity contribution >= 4 is 0 Å². The van der Waals surface area contributed by atoms with Crippen molar-refractivity contribution in [3.63, 3.8) is 0 Å². The van der Waals surface area contributed by atoms with Crippen LogP contribution in [0.4, 0.5) is 0 Å². The molecule has 0 aliphatic carbocycles. The maximum absolute atomic E-state index is 3.58. The van der Waals surface area contributed by atoms with Gasteiger partial charge in [0.2, 0.25) is 0 Å². The SMILES string of the molecule is C=CC=[C-]/C(C)=C1/C=CC=CN1.[V].[Y]. The molecule has 1 aliphatic heterocycles. The summed E-state index contributed by atoms with van der Waals surface area (Å²) in [5.74, 6) is 0. The van der Waals surface area contributed by atoms with E-state index in [2.05, 4.69) is 18.0 Å². The van der Waals surface area contributed by atoms with Crippen molar-refractivity contribution in [3.8, 4) is 0 Å². The molecule has 0 aromatic carbocycles. The van der Waals surface area contributed by atoms with Crippen molar-refractivity contribution in [2.45, 2.75) is 6.92 Å². The first kappa shape index (κ1) is 16.6. The first-order chi connectivity index (χ1) is 5.84. The van der Waals surface area contributed by atoms with E-state index in [4.69, 9.17) is 0 Å². The van der Waals surface area contributed by atoms with Crippen LogP contribution in [0.5, 0.6) is 0 Å². The average Bonchev–Trinajstić information content (AvgIpc) is 2.15. The summed E-state index contributed by atoms with van der Waals surface area (Å²) in [7, 11) is 0. The number of hydrogen-bond acceptors (Lipinski definition) is 1. The maximum Gasteiger partial charge on any atom is 0 e. The zero-order valence-electron chi connectivity index (χ0n) is 8.20. The molecule has 0 bridgehead atoms. The van der Waals surface area contributed by atoms with Gasteiger partial charge in [0.15, 0.2) is 0 Å². The molecule has 1 heterocycles. The van der Waals surface area contributed by atoms with E-state index in [1.807, 2.05) is 31.4 Å². The molecule has 0 fully saturated rings. The second kappa shape index (κ2) is 9.73. The summed E-state index contributed by atoms with van der Waals surface area (Å²) in [6.07, 6.45) is 14.5. The standard InChI is InChI=1S/C11H12N.V.Y/c1-3-4-7-10(2)11-8-5-6-9-12-11;;/h3-6,8-9,12H,1H2,2H3;;/q-1;;/b11-10-;;. The molecule has 14 heavy (non-hydrogen) atoms. The van der Waals surface area contributed by atoms with E-state index in [1.54, 1.807) is 12.2 Å². The molecule has 1 aliphatic rings. The molecule has 0 aromatic rings. The Labute approximate surface area is 123 Å². The Bertz CT molecular complexity index is 288. The van der Waals surface area contributed by atoms with Gasteiger partial charge in [-0.1, -0.05) is 24.8 Å². The molecule has 1 nitrogen and oxygen atoms in total. The van der Waals surface area contributed by atoms with Gasteiger partial charge in [-0.3, -0.25) is 0 Å². The fourth-order valence-electron chi connectivity index (χ4n) is 0.888. The molecular weight excluding hydrogens is 286 g/mol. The Morgan fingerprint density at radius 1 is 1.50 bits per heavy atom. The Balaban J connectivity index is 0. The van der Waals surface area contributed by atoms with Crippen molar-refractivity contribution in [3.05, 3.63) is 60.5 Å². The molecular formula is C11H12NVY-. The van der Waals surface area contributed by atoms with Crippen LogP contribution in [-0.4, -0.2) is 0 Å². The third kappa shape index (κ3) is 5.82. The average molecular weight is 298 g/mol. The molecule has 0 unspecified atom stereocenters. The summed E-state index contributed by atoms with van der Waals surface area (Å²) in [5.41, 5.74) is 2.16. The Kier molecular flexibility index (Phi) is 11.5. The largest absolute Gasteiger partial charge is 0.413 e. The molecule has 3 heteroatoms. The van der Waals surface area contributed by atoms with Gasteiger partial charge in [0.25, 0.3) is 0 Å². The Hall–Kier alpha value is 0.188. The molecule has 0 spiro atoms. The normalized spacial score (nSPS) is 16.6. The molecule has 2 radical (unpaired) electrons. The van der Waals surface area contributed by atoms with Gasteiger partial charge in [-0.2, -0.15) is 24.8 Å². The Morgan fingerprint density at radius 2 is 2.21 bits per heavy atom. The van der Waals surface area contributed by atoms with E-state index in [0.29, 0.717) is 0 Å². The van der Waals surface area contributed by atoms with Gasteiger partial charge in [-0.25, -0.2) is 0 Å². The van der Waals surface area contributed by atoms with Gasteiger partial charge >= 0.3 is 0 Å². The van der Waals surface area contributed by atoms with Crippen LogP contribution in [0.3, 0.4) is 0 Å². The number of nitrogens with one attached hydrogen (secondary N) is 1. The van der Waals surface area contributed by atoms with Gasteiger partial charge in [0.05, 0.1) is 0 Å². The fraction of sp³-hybridized carbons (Fsp3) is 0.0909. The van der Waals surface area contributed by atoms with Crippen molar-refractivity contribution in [2.75, 3.05) is 0 Å². The van der Waals surface area contributed by atoms with Gasteiger partial charge < -0.3 is 5.32 Å². The third-order valence-electron chi connectivity index (χ3n) is 1.53. The minimum Gasteiger partial charge on any atom is -0.413 e. The molecule has 0 amide bonds. The predicted molar refractivity (Wildman–Crippen MR) is 52.1 cm³/mol. The summed E-state index contributed by atoms with van der Waals surface area (Å²) in [6, 6.07) is 0. The monoisotopic (exact) mass is 298 g/mol. The smallest absolute Gasteiger partial charge is 0 e. The van der Waals surface area contributed by atoms with Crippen LogP contribution in [0.2, 0.25) is 0 Å². The topological polar surface area (TPSA) is 12.0 Å². The zero-order chi connectivity index (χ0) is 8.81. The molecule has 1 N–H and O–H groups in total. The second-order valence-corrected chi connectivity index (χ2v) is 2.45. The maximum atomic E-state index is 3.58. The fourth-order valence-corrected chi connectivity index (χ4v) is 0.888. The third-order valence-corrected chi connectivity index (χ3v) is 1.53. The number of dihydropyridines is 1. The first-order valence-corrected chi connectivity index (χ1v) is 3.86. The summed E-state index contributed by atoms with van der Waals surface area (Å²) >= 11 is 0. The minimum atomic E-state index is 0. The molecule has 0 saturated carbocycles. The van der Waals surface area contributed by atoms with E-state index >= 15 is 0 Å². The van der Waals surface area contributed by atoms with Gasteiger partial charge in [0, 0.05) is 51.3 Å². The number of allylic oxidation sites excluding steroid dienone is 7. The van der Waals surface area contributed by atoms with Crippen LogP contribution in [0.25, 0.3) is 0 Å². The van der Waals surface area contributed by atoms with Gasteiger partial charge in [0.1, 0.15) is 0 Å². The van der Waals surface area contributed by atoms with Crippen molar-refractivity contribution in [1.29, 1.82) is 0 Å². The van der Waals surface area contributed by atoms with E-state index in [-0.39, 0.29) is 51.3 Å². The summed E-state index contributed by atoms with van der Waals surface area (Å²) < 4.78 is 0. The molecule has 70 valence electrons. The second-order valence-electron chi connectivity index (χ2n) is 2.45. The van der Waals surface area contributed by atoms with Crippen LogP contribution < -0.4 is 5.32 Å². The molecule has 0 saturated heterocycles. The zero-order valence-corrected chi connectivity index (χ0v) is 12.4. The molecule has 1 rings (SSSR count). The first-order valence-electron chi connectivity index (χ1n) is 3.86. The molecule has 0 aromatic heterocycles. The number of rotatable bonds is 2. The van der Waals surface area contributed by atoms with E-state index in [0.717, 1.165) is 11.3 Å². The number of hydrogen-bond donors (Lipinski definition) is 1. The van der Waals surface area contributed by atoms with E-state index < -0.39 is 0 Å². The van der Waals surface area contributed by atoms with Crippen LogP contribution >= 0.6 is 0 Å². The van der Waals surface area contributed by atoms with Crippen LogP contribution in [-0.2, 0) is 51.3 Å². The van der Waals surface area contributed by atoms with Crippen molar-refractivity contribution in [2.24, 2.45) is 0 Å². The van der Waals surface area contributed by atoms with E-state index in [9.17, 15) is 0 Å². The van der Waals surface area contributed by atoms with E-state index in [1.165, 1.54) is 0 Å². The predicted octanol–water partition coefficient (Wildman–Crippen LogP) is 2.47. The van der Waals surface area contributed by atoms with Crippen LogP contribution in [0, 0.1) is 6.08 Å². The summed E-state index contributed by atoms with van der Waals surface area (Å²) in [6.45, 7) is 5.59.